The first kappa shape index (κ1) is 21.9. The highest BCUT2D eigenvalue weighted by molar-refractivity contribution is 7.79. The third-order valence-corrected chi connectivity index (χ3v) is 8.13. The van der Waals surface area contributed by atoms with Crippen LogP contribution in [-0.4, -0.2) is 58.0 Å². The second kappa shape index (κ2) is 9.93. The van der Waals surface area contributed by atoms with E-state index in [0.29, 0.717) is 19.8 Å². The normalized spacial score (nSPS) is 23.1. The summed E-state index contributed by atoms with van der Waals surface area (Å²) in [5.74, 6) is 2.58. The summed E-state index contributed by atoms with van der Waals surface area (Å²) in [6.07, 6.45) is 0.663. The predicted molar refractivity (Wildman–Crippen MR) is 131 cm³/mol. The van der Waals surface area contributed by atoms with Crippen molar-refractivity contribution in [2.75, 3.05) is 39.6 Å². The Hall–Kier alpha value is -2.63. The lowest BCUT2D eigenvalue weighted by molar-refractivity contribution is 0.263. The lowest BCUT2D eigenvalue weighted by Gasteiger charge is -2.21. The van der Waals surface area contributed by atoms with Gasteiger partial charge in [-0.2, -0.15) is 0 Å². The van der Waals surface area contributed by atoms with Gasteiger partial charge in [-0.25, -0.2) is 0 Å². The molecule has 0 N–H and O–H groups in total. The first-order chi connectivity index (χ1) is 16.8. The van der Waals surface area contributed by atoms with Crippen LogP contribution in [0.2, 0.25) is 0 Å². The molecule has 0 radical (unpaired) electrons. The molecule has 3 atom stereocenters. The van der Waals surface area contributed by atoms with Crippen LogP contribution in [-0.2, 0) is 14.2 Å². The van der Waals surface area contributed by atoms with E-state index >= 15 is 0 Å². The van der Waals surface area contributed by atoms with Gasteiger partial charge in [-0.05, 0) is 60.2 Å². The van der Waals surface area contributed by atoms with Crippen molar-refractivity contribution in [3.8, 4) is 17.2 Å². The van der Waals surface area contributed by atoms with Gasteiger partial charge in [0, 0.05) is 0 Å². The molecule has 0 amide bonds. The highest BCUT2D eigenvalue weighted by Crippen LogP contribution is 2.36. The second-order valence-corrected chi connectivity index (χ2v) is 10.8. The molecule has 6 rings (SSSR count). The summed E-state index contributed by atoms with van der Waals surface area (Å²) >= 11 is 0. The van der Waals surface area contributed by atoms with E-state index in [-0.39, 0.29) is 18.3 Å². The Kier molecular flexibility index (Phi) is 6.39. The van der Waals surface area contributed by atoms with E-state index in [9.17, 15) is 0 Å². The third-order valence-electron chi connectivity index (χ3n) is 5.74. The van der Waals surface area contributed by atoms with E-state index in [1.807, 2.05) is 18.2 Å². The Morgan fingerprint density at radius 3 is 1.18 bits per heavy atom. The topological polar surface area (TPSA) is 65.3 Å². The average molecular weight is 478 g/mol. The number of hydrogen-bond acceptors (Lipinski definition) is 6. The minimum absolute atomic E-state index is 0.221. The minimum atomic E-state index is -0.860. The average Bonchev–Trinajstić information content (AvgIpc) is 3.71. The zero-order valence-electron chi connectivity index (χ0n) is 18.8. The molecule has 7 heteroatoms. The summed E-state index contributed by atoms with van der Waals surface area (Å²) < 4.78 is 33.9. The molecule has 3 aromatic rings. The molecule has 6 nitrogen and oxygen atoms in total. The Balaban J connectivity index is 1.31. The Labute approximate surface area is 200 Å². The Morgan fingerprint density at radius 1 is 0.559 bits per heavy atom. The molecule has 3 aromatic carbocycles. The second-order valence-electron chi connectivity index (χ2n) is 8.63. The van der Waals surface area contributed by atoms with Crippen molar-refractivity contribution in [2.24, 2.45) is 0 Å². The van der Waals surface area contributed by atoms with Crippen LogP contribution in [0.15, 0.2) is 72.8 Å². The molecule has 3 unspecified atom stereocenters. The van der Waals surface area contributed by atoms with Crippen molar-refractivity contribution in [3.63, 3.8) is 0 Å². The standard InChI is InChI=1S/C27H27O6P/c1-4-19(28-13-22-16-31-22)10-25(7-1)34(26-8-2-5-20(11-26)29-14-23-17-32-23)27-9-3-6-21(12-27)30-15-24-18-33-24/h1-12,22-24H,13-18H2. The fraction of sp³-hybridized carbons (Fsp3) is 0.333. The molecule has 3 saturated heterocycles. The van der Waals surface area contributed by atoms with Crippen LogP contribution in [0.3, 0.4) is 0 Å². The molecule has 3 heterocycles. The van der Waals surface area contributed by atoms with Crippen LogP contribution in [0, 0.1) is 0 Å². The predicted octanol–water partition coefficient (Wildman–Crippen LogP) is 2.78. The van der Waals surface area contributed by atoms with Crippen molar-refractivity contribution in [1.29, 1.82) is 0 Å². The molecule has 0 spiro atoms. The fourth-order valence-corrected chi connectivity index (χ4v) is 6.01. The van der Waals surface area contributed by atoms with Crippen LogP contribution in [0.1, 0.15) is 0 Å². The zero-order valence-corrected chi connectivity index (χ0v) is 19.7. The molecule has 176 valence electrons. The Bertz CT molecular complexity index is 984. The van der Waals surface area contributed by atoms with Gasteiger partial charge in [0.1, 0.15) is 55.4 Å². The van der Waals surface area contributed by atoms with E-state index < -0.39 is 7.92 Å². The van der Waals surface area contributed by atoms with Crippen LogP contribution >= 0.6 is 7.92 Å². The molecule has 34 heavy (non-hydrogen) atoms. The molecule has 3 aliphatic heterocycles. The highest BCUT2D eigenvalue weighted by Gasteiger charge is 2.26. The van der Waals surface area contributed by atoms with Gasteiger partial charge in [-0.15, -0.1) is 0 Å². The summed E-state index contributed by atoms with van der Waals surface area (Å²) in [6, 6.07) is 25.1. The van der Waals surface area contributed by atoms with Crippen LogP contribution in [0.5, 0.6) is 17.2 Å². The summed E-state index contributed by atoms with van der Waals surface area (Å²) in [4.78, 5) is 0. The molecular formula is C27H27O6P. The van der Waals surface area contributed by atoms with Gasteiger partial charge in [0.05, 0.1) is 19.8 Å². The summed E-state index contributed by atoms with van der Waals surface area (Å²) in [5.41, 5.74) is 0. The first-order valence-electron chi connectivity index (χ1n) is 11.6. The van der Waals surface area contributed by atoms with Crippen molar-refractivity contribution in [3.05, 3.63) is 72.8 Å². The molecule has 0 aromatic heterocycles. The first-order valence-corrected chi connectivity index (χ1v) is 13.0. The monoisotopic (exact) mass is 478 g/mol. The molecule has 0 aliphatic carbocycles. The largest absolute Gasteiger partial charge is 0.491 e. The van der Waals surface area contributed by atoms with E-state index in [2.05, 4.69) is 54.6 Å². The van der Waals surface area contributed by atoms with Crippen molar-refractivity contribution < 1.29 is 28.4 Å². The van der Waals surface area contributed by atoms with Gasteiger partial charge < -0.3 is 28.4 Å². The van der Waals surface area contributed by atoms with Gasteiger partial charge in [0.25, 0.3) is 0 Å². The summed E-state index contributed by atoms with van der Waals surface area (Å²) in [7, 11) is -0.860. The quantitative estimate of drug-likeness (QED) is 0.295. The van der Waals surface area contributed by atoms with E-state index in [1.165, 1.54) is 15.9 Å². The third kappa shape index (κ3) is 5.89. The van der Waals surface area contributed by atoms with Crippen molar-refractivity contribution >= 4 is 23.8 Å². The molecule has 3 aliphatic rings. The Morgan fingerprint density at radius 2 is 0.882 bits per heavy atom. The van der Waals surface area contributed by atoms with Gasteiger partial charge in [0.15, 0.2) is 0 Å². The van der Waals surface area contributed by atoms with E-state index in [4.69, 9.17) is 28.4 Å². The number of rotatable bonds is 12. The lowest BCUT2D eigenvalue weighted by Crippen LogP contribution is -2.21. The number of hydrogen-bond donors (Lipinski definition) is 0. The number of benzene rings is 3. The molecular weight excluding hydrogens is 451 g/mol. The van der Waals surface area contributed by atoms with Gasteiger partial charge in [-0.1, -0.05) is 36.4 Å². The van der Waals surface area contributed by atoms with Crippen LogP contribution in [0.4, 0.5) is 0 Å². The van der Waals surface area contributed by atoms with Gasteiger partial charge in [0.2, 0.25) is 0 Å². The molecule has 0 bridgehead atoms. The van der Waals surface area contributed by atoms with E-state index in [1.54, 1.807) is 0 Å². The van der Waals surface area contributed by atoms with E-state index in [0.717, 1.165) is 37.1 Å². The minimum Gasteiger partial charge on any atom is -0.491 e. The molecule has 0 saturated carbocycles. The van der Waals surface area contributed by atoms with Crippen molar-refractivity contribution in [1.82, 2.24) is 0 Å². The highest BCUT2D eigenvalue weighted by atomic mass is 31.1. The lowest BCUT2D eigenvalue weighted by atomic mass is 10.3. The SMILES string of the molecule is c1cc(OCC2CO2)cc(P(c2cccc(OCC3CO3)c2)c2cccc(OCC3CO3)c2)c1. The fourth-order valence-electron chi connectivity index (χ4n) is 3.64. The van der Waals surface area contributed by atoms with Crippen molar-refractivity contribution in [2.45, 2.75) is 18.3 Å². The zero-order chi connectivity index (χ0) is 22.7. The number of epoxide rings is 3. The smallest absolute Gasteiger partial charge is 0.120 e. The maximum atomic E-state index is 5.99. The van der Waals surface area contributed by atoms with Gasteiger partial charge >= 0.3 is 0 Å². The maximum Gasteiger partial charge on any atom is 0.120 e. The van der Waals surface area contributed by atoms with Crippen LogP contribution < -0.4 is 30.1 Å². The summed E-state index contributed by atoms with van der Waals surface area (Å²) in [5, 5.41) is 3.61. The summed E-state index contributed by atoms with van der Waals surface area (Å²) in [6.45, 7) is 4.10. The van der Waals surface area contributed by atoms with Crippen LogP contribution in [0.25, 0.3) is 0 Å². The number of ether oxygens (including phenoxy) is 6. The molecule has 3 fully saturated rings. The maximum absolute atomic E-state index is 5.99. The van der Waals surface area contributed by atoms with Gasteiger partial charge in [-0.3, -0.25) is 0 Å².